The van der Waals surface area contributed by atoms with Gasteiger partial charge >= 0.3 is 0 Å². The van der Waals surface area contributed by atoms with Crippen molar-refractivity contribution in [2.75, 3.05) is 13.2 Å². The van der Waals surface area contributed by atoms with Crippen LogP contribution in [0.25, 0.3) is 0 Å². The molecule has 3 N–H and O–H groups in total. The van der Waals surface area contributed by atoms with Gasteiger partial charge in [-0.05, 0) is 31.4 Å². The maximum absolute atomic E-state index is 5.80. The van der Waals surface area contributed by atoms with Gasteiger partial charge in [-0.1, -0.05) is 13.8 Å². The molecule has 1 rings (SSSR count). The predicted molar refractivity (Wildman–Crippen MR) is 75.7 cm³/mol. The van der Waals surface area contributed by atoms with Crippen LogP contribution in [0.3, 0.4) is 0 Å². The number of aromatic nitrogens is 1. The van der Waals surface area contributed by atoms with Crippen molar-refractivity contribution in [2.45, 2.75) is 39.8 Å². The summed E-state index contributed by atoms with van der Waals surface area (Å²) in [6.07, 6.45) is 3.49. The number of nitrogens with two attached hydrogens (primary N) is 1. The van der Waals surface area contributed by atoms with Crippen LogP contribution < -0.4 is 16.0 Å². The van der Waals surface area contributed by atoms with Gasteiger partial charge in [0.05, 0.1) is 24.9 Å². The summed E-state index contributed by atoms with van der Waals surface area (Å²) in [4.78, 5) is 4.20. The zero-order chi connectivity index (χ0) is 14.3. The molecule has 0 saturated heterocycles. The zero-order valence-corrected chi connectivity index (χ0v) is 12.2. The Morgan fingerprint density at radius 3 is 2.53 bits per heavy atom. The van der Waals surface area contributed by atoms with Crippen LogP contribution in [0.4, 0.5) is 0 Å². The summed E-state index contributed by atoms with van der Waals surface area (Å²) in [5.41, 5.74) is 3.81. The predicted octanol–water partition coefficient (Wildman–Crippen LogP) is 2.05. The molecule has 108 valence electrons. The topological polar surface area (TPSA) is 69.4 Å². The molecule has 0 radical (unpaired) electrons. The molecule has 0 amide bonds. The lowest BCUT2D eigenvalue weighted by Gasteiger charge is -2.29. The summed E-state index contributed by atoms with van der Waals surface area (Å²) < 4.78 is 11.3. The summed E-state index contributed by atoms with van der Waals surface area (Å²) in [6, 6.07) is 1.85. The Morgan fingerprint density at radius 1 is 1.26 bits per heavy atom. The van der Waals surface area contributed by atoms with Crippen LogP contribution in [0, 0.1) is 5.92 Å². The van der Waals surface area contributed by atoms with Crippen LogP contribution in [0.2, 0.25) is 0 Å². The molecule has 0 fully saturated rings. The molecule has 5 heteroatoms. The van der Waals surface area contributed by atoms with E-state index in [9.17, 15) is 0 Å². The molecular weight excluding hydrogens is 242 g/mol. The highest BCUT2D eigenvalue weighted by molar-refractivity contribution is 5.26. The summed E-state index contributed by atoms with van der Waals surface area (Å²) in [6.45, 7) is 9.43. The number of hydrogen-bond donors (Lipinski definition) is 2. The second kappa shape index (κ2) is 8.09. The lowest BCUT2D eigenvalue weighted by Crippen LogP contribution is -2.40. The number of pyridine rings is 1. The van der Waals surface area contributed by atoms with E-state index in [4.69, 9.17) is 15.3 Å². The van der Waals surface area contributed by atoms with Crippen molar-refractivity contribution in [1.82, 2.24) is 10.4 Å². The van der Waals surface area contributed by atoms with Crippen LogP contribution in [-0.2, 0) is 4.74 Å². The molecule has 0 aliphatic heterocycles. The van der Waals surface area contributed by atoms with E-state index in [-0.39, 0.29) is 12.1 Å². The fraction of sp³-hybridized carbons (Fsp3) is 0.643. The molecule has 2 unspecified atom stereocenters. The average Bonchev–Trinajstić information content (AvgIpc) is 2.39. The first-order chi connectivity index (χ1) is 9.13. The minimum Gasteiger partial charge on any atom is -0.492 e. The fourth-order valence-electron chi connectivity index (χ4n) is 2.10. The molecule has 1 aromatic heterocycles. The van der Waals surface area contributed by atoms with Gasteiger partial charge in [-0.25, -0.2) is 0 Å². The molecule has 0 bridgehead atoms. The van der Waals surface area contributed by atoms with E-state index in [2.05, 4.69) is 24.3 Å². The van der Waals surface area contributed by atoms with E-state index in [1.807, 2.05) is 19.9 Å². The van der Waals surface area contributed by atoms with E-state index in [0.29, 0.717) is 19.1 Å². The summed E-state index contributed by atoms with van der Waals surface area (Å²) in [5, 5.41) is 0. The molecule has 0 aromatic carbocycles. The molecule has 0 aliphatic rings. The van der Waals surface area contributed by atoms with Crippen molar-refractivity contribution in [3.63, 3.8) is 0 Å². The highest BCUT2D eigenvalue weighted by Gasteiger charge is 2.26. The number of nitrogens with zero attached hydrogens (tertiary/aromatic N) is 1. The lowest BCUT2D eigenvalue weighted by atomic mass is 9.95. The summed E-state index contributed by atoms with van der Waals surface area (Å²) >= 11 is 0. The van der Waals surface area contributed by atoms with Gasteiger partial charge in [0.15, 0.2) is 0 Å². The standard InChI is InChI=1S/C14H25N3O2/c1-5-18-12-7-11(8-16-9-12)13(17-15)14(10(3)4)19-6-2/h7-10,13-14,17H,5-6,15H2,1-4H3. The average molecular weight is 267 g/mol. The van der Waals surface area contributed by atoms with Gasteiger partial charge in [-0.3, -0.25) is 16.3 Å². The van der Waals surface area contributed by atoms with Gasteiger partial charge < -0.3 is 9.47 Å². The van der Waals surface area contributed by atoms with Gasteiger partial charge in [0.25, 0.3) is 0 Å². The summed E-state index contributed by atoms with van der Waals surface area (Å²) in [7, 11) is 0. The SMILES string of the molecule is CCOc1cncc(C(NN)C(OCC)C(C)C)c1. The summed E-state index contributed by atoms with van der Waals surface area (Å²) in [5.74, 6) is 6.79. The van der Waals surface area contributed by atoms with Gasteiger partial charge in [0, 0.05) is 12.8 Å². The third-order valence-corrected chi connectivity index (χ3v) is 2.93. The minimum absolute atomic E-state index is 0.00586. The molecule has 19 heavy (non-hydrogen) atoms. The van der Waals surface area contributed by atoms with Crippen molar-refractivity contribution in [3.05, 3.63) is 24.0 Å². The van der Waals surface area contributed by atoms with Crippen molar-refractivity contribution >= 4 is 0 Å². The van der Waals surface area contributed by atoms with Crippen LogP contribution >= 0.6 is 0 Å². The molecule has 1 heterocycles. The molecule has 0 saturated carbocycles. The second-order valence-electron chi connectivity index (χ2n) is 4.70. The van der Waals surface area contributed by atoms with Crippen LogP contribution in [-0.4, -0.2) is 24.3 Å². The zero-order valence-electron chi connectivity index (χ0n) is 12.2. The minimum atomic E-state index is -0.104. The molecule has 5 nitrogen and oxygen atoms in total. The Labute approximate surface area is 115 Å². The molecule has 1 aromatic rings. The largest absolute Gasteiger partial charge is 0.492 e. The van der Waals surface area contributed by atoms with E-state index in [1.54, 1.807) is 12.4 Å². The second-order valence-corrected chi connectivity index (χ2v) is 4.70. The third kappa shape index (κ3) is 4.45. The van der Waals surface area contributed by atoms with Crippen molar-refractivity contribution in [1.29, 1.82) is 0 Å². The Hall–Kier alpha value is -1.17. The van der Waals surface area contributed by atoms with E-state index >= 15 is 0 Å². The van der Waals surface area contributed by atoms with Gasteiger partial charge in [-0.15, -0.1) is 0 Å². The molecule has 0 spiro atoms. The van der Waals surface area contributed by atoms with Gasteiger partial charge in [0.1, 0.15) is 5.75 Å². The first kappa shape index (κ1) is 15.9. The van der Waals surface area contributed by atoms with Crippen LogP contribution in [0.15, 0.2) is 18.5 Å². The normalized spacial score (nSPS) is 14.4. The Kier molecular flexibility index (Phi) is 6.77. The maximum Gasteiger partial charge on any atom is 0.137 e. The highest BCUT2D eigenvalue weighted by atomic mass is 16.5. The molecule has 0 aliphatic carbocycles. The Balaban J connectivity index is 2.96. The Morgan fingerprint density at radius 2 is 2.00 bits per heavy atom. The smallest absolute Gasteiger partial charge is 0.137 e. The van der Waals surface area contributed by atoms with Crippen molar-refractivity contribution < 1.29 is 9.47 Å². The number of hydrazine groups is 1. The number of rotatable bonds is 8. The first-order valence-corrected chi connectivity index (χ1v) is 6.79. The van der Waals surface area contributed by atoms with Gasteiger partial charge in [0.2, 0.25) is 0 Å². The van der Waals surface area contributed by atoms with Crippen LogP contribution in [0.1, 0.15) is 39.3 Å². The highest BCUT2D eigenvalue weighted by Crippen LogP contribution is 2.26. The van der Waals surface area contributed by atoms with Crippen molar-refractivity contribution in [3.8, 4) is 5.75 Å². The lowest BCUT2D eigenvalue weighted by molar-refractivity contribution is 0.00265. The quantitative estimate of drug-likeness (QED) is 0.557. The third-order valence-electron chi connectivity index (χ3n) is 2.93. The number of nitrogens with one attached hydrogen (secondary N) is 1. The molecular formula is C14H25N3O2. The molecule has 2 atom stereocenters. The van der Waals surface area contributed by atoms with E-state index in [0.717, 1.165) is 11.3 Å². The van der Waals surface area contributed by atoms with E-state index < -0.39 is 0 Å². The van der Waals surface area contributed by atoms with Gasteiger partial charge in [-0.2, -0.15) is 0 Å². The Bertz CT molecular complexity index is 371. The number of ether oxygens (including phenoxy) is 2. The monoisotopic (exact) mass is 267 g/mol. The number of hydrogen-bond acceptors (Lipinski definition) is 5. The van der Waals surface area contributed by atoms with E-state index in [1.165, 1.54) is 0 Å². The van der Waals surface area contributed by atoms with Crippen molar-refractivity contribution in [2.24, 2.45) is 11.8 Å². The van der Waals surface area contributed by atoms with Crippen LogP contribution in [0.5, 0.6) is 5.75 Å². The first-order valence-electron chi connectivity index (χ1n) is 6.79. The maximum atomic E-state index is 5.80. The fourth-order valence-corrected chi connectivity index (χ4v) is 2.10.